The van der Waals surface area contributed by atoms with Gasteiger partial charge in [-0.2, -0.15) is 5.10 Å². The Labute approximate surface area is 142 Å². The Bertz CT molecular complexity index is 657. The van der Waals surface area contributed by atoms with Gasteiger partial charge >= 0.3 is 5.97 Å². The van der Waals surface area contributed by atoms with Gasteiger partial charge in [0.25, 0.3) is 0 Å². The zero-order valence-electron chi connectivity index (χ0n) is 13.8. The Hall–Kier alpha value is -2.18. The first-order chi connectivity index (χ1) is 11.7. The smallest absolute Gasteiger partial charge is 0.303 e. The third-order valence-electron chi connectivity index (χ3n) is 4.42. The molecule has 1 fully saturated rings. The number of carboxylic acid groups (broad SMARTS) is 1. The molecule has 0 amide bonds. The molecule has 0 bridgehead atoms. The molecule has 0 aliphatic carbocycles. The number of aromatic nitrogens is 2. The molecule has 1 aromatic heterocycles. The third kappa shape index (κ3) is 4.66. The lowest BCUT2D eigenvalue weighted by Crippen LogP contribution is -2.31. The van der Waals surface area contributed by atoms with E-state index in [1.807, 2.05) is 16.9 Å². The van der Waals surface area contributed by atoms with Crippen molar-refractivity contribution in [3.8, 4) is 0 Å². The lowest BCUT2D eigenvalue weighted by atomic mass is 10.0. The highest BCUT2D eigenvalue weighted by molar-refractivity contribution is 5.67. The van der Waals surface area contributed by atoms with Crippen LogP contribution in [0.15, 0.2) is 42.7 Å². The number of nitrogens with one attached hydrogen (secondary N) is 1. The summed E-state index contributed by atoms with van der Waals surface area (Å²) in [5.74, 6) is -0.564. The molecule has 0 unspecified atom stereocenters. The lowest BCUT2D eigenvalue weighted by Gasteiger charge is -2.24. The van der Waals surface area contributed by atoms with Crippen LogP contribution in [0.4, 0.5) is 0 Å². The van der Waals surface area contributed by atoms with Crippen molar-refractivity contribution in [3.05, 3.63) is 53.9 Å². The molecule has 24 heavy (non-hydrogen) atoms. The van der Waals surface area contributed by atoms with E-state index >= 15 is 0 Å². The van der Waals surface area contributed by atoms with Crippen molar-refractivity contribution in [1.82, 2.24) is 20.0 Å². The molecule has 0 saturated carbocycles. The summed E-state index contributed by atoms with van der Waals surface area (Å²) in [6.07, 6.45) is 3.98. The maximum absolute atomic E-state index is 11.0. The number of hydrogen-bond acceptors (Lipinski definition) is 4. The van der Waals surface area contributed by atoms with Gasteiger partial charge in [0.15, 0.2) is 0 Å². The van der Waals surface area contributed by atoms with E-state index in [1.165, 1.54) is 11.1 Å². The Morgan fingerprint density at radius 1 is 1.25 bits per heavy atom. The van der Waals surface area contributed by atoms with E-state index in [2.05, 4.69) is 39.6 Å². The second-order valence-electron chi connectivity index (χ2n) is 6.38. The average Bonchev–Trinajstić information content (AvgIpc) is 2.96. The zero-order valence-corrected chi connectivity index (χ0v) is 13.8. The summed E-state index contributed by atoms with van der Waals surface area (Å²) < 4.78 is 1.93. The Morgan fingerprint density at radius 2 is 2.04 bits per heavy atom. The highest BCUT2D eigenvalue weighted by Crippen LogP contribution is 2.16. The monoisotopic (exact) mass is 328 g/mol. The summed E-state index contributed by atoms with van der Waals surface area (Å²) in [5.41, 5.74) is 2.54. The Morgan fingerprint density at radius 3 is 2.75 bits per heavy atom. The highest BCUT2D eigenvalue weighted by Gasteiger charge is 2.21. The summed E-state index contributed by atoms with van der Waals surface area (Å²) in [6, 6.07) is 10.3. The normalized spacial score (nSPS) is 19.1. The number of aliphatic carboxylic acids is 1. The van der Waals surface area contributed by atoms with Crippen molar-refractivity contribution in [3.63, 3.8) is 0 Å². The van der Waals surface area contributed by atoms with Gasteiger partial charge in [0, 0.05) is 38.6 Å². The van der Waals surface area contributed by atoms with Crippen LogP contribution in [0.1, 0.15) is 17.5 Å². The fourth-order valence-electron chi connectivity index (χ4n) is 3.27. The number of rotatable bonds is 6. The van der Waals surface area contributed by atoms with Gasteiger partial charge < -0.3 is 10.4 Å². The van der Waals surface area contributed by atoms with Gasteiger partial charge in [-0.3, -0.25) is 14.4 Å². The molecular weight excluding hydrogens is 304 g/mol. The maximum Gasteiger partial charge on any atom is 0.303 e. The molecular formula is C18H24N4O2. The standard InChI is InChI=1S/C18H24N4O2/c23-18(24)10-15-11-19-7-9-21(12-15)13-16-4-1-2-5-17(16)14-22-8-3-6-20-22/h1-6,8,15,19H,7,9-14H2,(H,23,24)/t15-/m1/s1. The van der Waals surface area contributed by atoms with Gasteiger partial charge in [-0.1, -0.05) is 24.3 Å². The molecule has 0 spiro atoms. The first-order valence-electron chi connectivity index (χ1n) is 8.40. The largest absolute Gasteiger partial charge is 0.481 e. The molecule has 1 saturated heterocycles. The predicted molar refractivity (Wildman–Crippen MR) is 91.7 cm³/mol. The van der Waals surface area contributed by atoms with Crippen molar-refractivity contribution in [2.24, 2.45) is 5.92 Å². The van der Waals surface area contributed by atoms with Crippen LogP contribution in [0, 0.1) is 5.92 Å². The summed E-state index contributed by atoms with van der Waals surface area (Å²) in [7, 11) is 0. The minimum atomic E-state index is -0.720. The molecule has 2 aromatic rings. The van der Waals surface area contributed by atoms with Crippen LogP contribution in [0.3, 0.4) is 0 Å². The third-order valence-corrected chi connectivity index (χ3v) is 4.42. The second-order valence-corrected chi connectivity index (χ2v) is 6.38. The van der Waals surface area contributed by atoms with Crippen LogP contribution in [0.2, 0.25) is 0 Å². The molecule has 128 valence electrons. The van der Waals surface area contributed by atoms with E-state index in [1.54, 1.807) is 6.20 Å². The van der Waals surface area contributed by atoms with Gasteiger partial charge in [0.1, 0.15) is 0 Å². The average molecular weight is 328 g/mol. The lowest BCUT2D eigenvalue weighted by molar-refractivity contribution is -0.138. The maximum atomic E-state index is 11.0. The van der Waals surface area contributed by atoms with E-state index < -0.39 is 5.97 Å². The van der Waals surface area contributed by atoms with E-state index in [4.69, 9.17) is 5.11 Å². The van der Waals surface area contributed by atoms with Crippen molar-refractivity contribution >= 4 is 5.97 Å². The zero-order chi connectivity index (χ0) is 16.8. The SMILES string of the molecule is O=C(O)C[C@@H]1CNCCN(Cc2ccccc2Cn2cccn2)C1. The summed E-state index contributed by atoms with van der Waals surface area (Å²) in [6.45, 7) is 5.03. The molecule has 0 radical (unpaired) electrons. The molecule has 3 rings (SSSR count). The highest BCUT2D eigenvalue weighted by atomic mass is 16.4. The van der Waals surface area contributed by atoms with E-state index in [0.29, 0.717) is 0 Å². The number of carbonyl (C=O) groups is 1. The van der Waals surface area contributed by atoms with Crippen molar-refractivity contribution in [1.29, 1.82) is 0 Å². The fourth-order valence-corrected chi connectivity index (χ4v) is 3.27. The predicted octanol–water partition coefficient (Wildman–Crippen LogP) is 1.43. The van der Waals surface area contributed by atoms with Gasteiger partial charge in [0.2, 0.25) is 0 Å². The topological polar surface area (TPSA) is 70.4 Å². The number of nitrogens with zero attached hydrogens (tertiary/aromatic N) is 3. The van der Waals surface area contributed by atoms with Gasteiger partial charge in [-0.25, -0.2) is 0 Å². The minimum Gasteiger partial charge on any atom is -0.481 e. The van der Waals surface area contributed by atoms with Crippen LogP contribution >= 0.6 is 0 Å². The van der Waals surface area contributed by atoms with Crippen LogP contribution in [-0.4, -0.2) is 51.9 Å². The van der Waals surface area contributed by atoms with Crippen LogP contribution in [0.5, 0.6) is 0 Å². The van der Waals surface area contributed by atoms with E-state index in [9.17, 15) is 4.79 Å². The molecule has 6 heteroatoms. The second kappa shape index (κ2) is 8.08. The minimum absolute atomic E-state index is 0.156. The first kappa shape index (κ1) is 16.7. The van der Waals surface area contributed by atoms with Crippen LogP contribution < -0.4 is 5.32 Å². The fraction of sp³-hybridized carbons (Fsp3) is 0.444. The Balaban J connectivity index is 1.69. The quantitative estimate of drug-likeness (QED) is 0.839. The number of benzene rings is 1. The van der Waals surface area contributed by atoms with Gasteiger partial charge in [-0.05, 0) is 29.7 Å². The molecule has 1 atom stereocenters. The van der Waals surface area contributed by atoms with E-state index in [0.717, 1.165) is 39.3 Å². The van der Waals surface area contributed by atoms with Crippen molar-refractivity contribution in [2.45, 2.75) is 19.5 Å². The molecule has 1 aromatic carbocycles. The molecule has 1 aliphatic heterocycles. The van der Waals surface area contributed by atoms with Crippen LogP contribution in [-0.2, 0) is 17.9 Å². The van der Waals surface area contributed by atoms with Gasteiger partial charge in [0.05, 0.1) is 13.0 Å². The van der Waals surface area contributed by atoms with Gasteiger partial charge in [-0.15, -0.1) is 0 Å². The summed E-state index contributed by atoms with van der Waals surface area (Å²) >= 11 is 0. The molecule has 1 aliphatic rings. The Kier molecular flexibility index (Phi) is 5.61. The molecule has 6 nitrogen and oxygen atoms in total. The number of carboxylic acids is 1. The van der Waals surface area contributed by atoms with Crippen molar-refractivity contribution in [2.75, 3.05) is 26.2 Å². The van der Waals surface area contributed by atoms with E-state index in [-0.39, 0.29) is 12.3 Å². The molecule has 2 N–H and O–H groups in total. The first-order valence-corrected chi connectivity index (χ1v) is 8.40. The number of hydrogen-bond donors (Lipinski definition) is 2. The van der Waals surface area contributed by atoms with Crippen molar-refractivity contribution < 1.29 is 9.90 Å². The summed E-state index contributed by atoms with van der Waals surface area (Å²) in [5, 5.41) is 16.7. The summed E-state index contributed by atoms with van der Waals surface area (Å²) in [4.78, 5) is 13.4. The van der Waals surface area contributed by atoms with Crippen LogP contribution in [0.25, 0.3) is 0 Å². The molecule has 2 heterocycles.